The van der Waals surface area contributed by atoms with Crippen LogP contribution in [-0.2, 0) is 0 Å². The molecule has 4 heteroatoms. The average Bonchev–Trinajstić information content (AvgIpc) is 4.37. The summed E-state index contributed by atoms with van der Waals surface area (Å²) in [5.74, 6) is 0. The molecule has 14 aromatic rings. The predicted octanol–water partition coefficient (Wildman–Crippen LogP) is 15.7. The van der Waals surface area contributed by atoms with Crippen molar-refractivity contribution in [2.75, 3.05) is 0 Å². The van der Waals surface area contributed by atoms with E-state index in [1.54, 1.807) is 12.1 Å². The molecule has 0 saturated carbocycles. The van der Waals surface area contributed by atoms with E-state index in [4.69, 9.17) is 21.9 Å². The molecule has 10 aromatic carbocycles. The SMILES string of the molecule is [2H]c1c([2H])c([2H])c2c(c1[2H])c1c([2H])c([2H])c([2H])c([2H])c1n2-c1ccc2c(c1)c1ccccc1n2-c1cccc(-c2ccccc2-n2c3ccccc3c3cc(-n4c5c([2H])c([2H])c([2H])c([2H])c5c5c([2H])c([2H])c([2H])c([2H])c54)ccc32)c1. The van der Waals surface area contributed by atoms with Gasteiger partial charge < -0.3 is 18.3 Å². The van der Waals surface area contributed by atoms with Gasteiger partial charge in [0.2, 0.25) is 0 Å². The van der Waals surface area contributed by atoms with Crippen molar-refractivity contribution in [2.45, 2.75) is 0 Å². The van der Waals surface area contributed by atoms with E-state index in [-0.39, 0.29) is 67.8 Å². The van der Waals surface area contributed by atoms with Crippen LogP contribution in [0.4, 0.5) is 0 Å². The van der Waals surface area contributed by atoms with Gasteiger partial charge in [-0.15, -0.1) is 0 Å². The summed E-state index contributed by atoms with van der Waals surface area (Å²) in [4.78, 5) is 0. The molecular formula is C60H38N4. The first kappa shape index (κ1) is 23.0. The summed E-state index contributed by atoms with van der Waals surface area (Å²) in [6, 6.07) is 36.1. The van der Waals surface area contributed by atoms with Gasteiger partial charge in [-0.05, 0) is 96.5 Å². The Morgan fingerprint density at radius 2 is 0.672 bits per heavy atom. The van der Waals surface area contributed by atoms with Gasteiger partial charge in [-0.2, -0.15) is 0 Å². The lowest BCUT2D eigenvalue weighted by Crippen LogP contribution is -1.99. The lowest BCUT2D eigenvalue weighted by atomic mass is 10.0. The Hall–Kier alpha value is -8.60. The first-order valence-electron chi connectivity index (χ1n) is 28.7. The average molecular weight is 831 g/mol. The van der Waals surface area contributed by atoms with Crippen molar-refractivity contribution in [3.8, 4) is 33.9 Å². The fourth-order valence-corrected chi connectivity index (χ4v) is 9.82. The molecule has 0 N–H and O–H groups in total. The molecular weight excluding hydrogens is 777 g/mol. The molecule has 0 atom stereocenters. The molecule has 0 fully saturated rings. The molecule has 0 amide bonds. The van der Waals surface area contributed by atoms with Gasteiger partial charge in [-0.25, -0.2) is 0 Å². The molecule has 0 aliphatic rings. The number of fused-ring (bicyclic) bond motifs is 12. The van der Waals surface area contributed by atoms with E-state index >= 15 is 0 Å². The molecule has 0 saturated heterocycles. The monoisotopic (exact) mass is 830 g/mol. The van der Waals surface area contributed by atoms with Crippen LogP contribution < -0.4 is 0 Å². The second-order valence-electron chi connectivity index (χ2n) is 15.7. The van der Waals surface area contributed by atoms with Crippen LogP contribution in [0.25, 0.3) is 121 Å². The van der Waals surface area contributed by atoms with E-state index in [1.165, 1.54) is 9.13 Å². The van der Waals surface area contributed by atoms with E-state index in [1.807, 2.05) is 109 Å². The predicted molar refractivity (Wildman–Crippen MR) is 269 cm³/mol. The van der Waals surface area contributed by atoms with Gasteiger partial charge in [0.05, 0.1) is 71.8 Å². The molecule has 0 spiro atoms. The smallest absolute Gasteiger partial charge is 0.0645 e. The minimum absolute atomic E-state index is 0.00288. The number of hydrogen-bond acceptors (Lipinski definition) is 0. The standard InChI is InChI=1S/C60H38N4/c1-8-25-52(64-58-31-14-7-24-49(58)51-38-42(33-35-60(51)64)63-55-28-11-4-21-46(55)47-22-5-12-29-56(47)63)43(18-1)39-16-15-17-40(36-39)61-57-30-13-6-23-48(57)50-37-41(32-34-59(50)61)62-53-26-9-2-19-44(53)45-20-3-10-27-54(45)62/h1-38H/i2D,3D,4D,5D,9D,10D,11D,12D,19D,20D,21D,22D,26D,27D,28D,29D. The molecule has 64 heavy (non-hydrogen) atoms. The van der Waals surface area contributed by atoms with Crippen molar-refractivity contribution in [3.05, 3.63) is 230 Å². The van der Waals surface area contributed by atoms with Crippen molar-refractivity contribution in [3.63, 3.8) is 0 Å². The molecule has 4 nitrogen and oxygen atoms in total. The number of nitrogens with zero attached hydrogens (tertiary/aromatic N) is 4. The molecule has 0 bridgehead atoms. The van der Waals surface area contributed by atoms with Crippen LogP contribution in [-0.4, -0.2) is 18.3 Å². The lowest BCUT2D eigenvalue weighted by Gasteiger charge is -2.16. The number of aromatic nitrogens is 4. The molecule has 14 rings (SSSR count). The second kappa shape index (κ2) is 13.4. The van der Waals surface area contributed by atoms with E-state index in [9.17, 15) is 0 Å². The summed E-state index contributed by atoms with van der Waals surface area (Å²) in [7, 11) is 0. The van der Waals surface area contributed by atoms with Crippen molar-refractivity contribution >= 4 is 87.2 Å². The molecule has 298 valence electrons. The van der Waals surface area contributed by atoms with Gasteiger partial charge in [0.25, 0.3) is 0 Å². The summed E-state index contributed by atoms with van der Waals surface area (Å²) >= 11 is 0. The van der Waals surface area contributed by atoms with Gasteiger partial charge in [0.15, 0.2) is 0 Å². The van der Waals surface area contributed by atoms with Crippen LogP contribution in [0.5, 0.6) is 0 Å². The van der Waals surface area contributed by atoms with Gasteiger partial charge in [-0.3, -0.25) is 0 Å². The van der Waals surface area contributed by atoms with Gasteiger partial charge in [0, 0.05) is 65.7 Å². The number of para-hydroxylation sites is 7. The highest BCUT2D eigenvalue weighted by Gasteiger charge is 2.20. The van der Waals surface area contributed by atoms with Crippen molar-refractivity contribution in [2.24, 2.45) is 0 Å². The first-order chi connectivity index (χ1) is 38.4. The molecule has 0 unspecified atom stereocenters. The van der Waals surface area contributed by atoms with Crippen LogP contribution in [0.3, 0.4) is 0 Å². The van der Waals surface area contributed by atoms with E-state index < -0.39 is 72.5 Å². The van der Waals surface area contributed by atoms with Crippen LogP contribution in [0, 0.1) is 0 Å². The maximum Gasteiger partial charge on any atom is 0.0645 e. The summed E-state index contributed by atoms with van der Waals surface area (Å²) in [6.07, 6.45) is 0. The van der Waals surface area contributed by atoms with Crippen LogP contribution in [0.1, 0.15) is 21.9 Å². The maximum absolute atomic E-state index is 9.11. The summed E-state index contributed by atoms with van der Waals surface area (Å²) in [5, 5.41) is 3.31. The Balaban J connectivity index is 0.953. The van der Waals surface area contributed by atoms with Gasteiger partial charge in [-0.1, -0.05) is 139 Å². The minimum Gasteiger partial charge on any atom is -0.309 e. The molecule has 0 aliphatic carbocycles. The van der Waals surface area contributed by atoms with Crippen molar-refractivity contribution in [1.29, 1.82) is 0 Å². The second-order valence-corrected chi connectivity index (χ2v) is 15.7. The van der Waals surface area contributed by atoms with Gasteiger partial charge in [0.1, 0.15) is 0 Å². The Bertz CT molecular complexity index is 5010. The quantitative estimate of drug-likeness (QED) is 0.165. The van der Waals surface area contributed by atoms with E-state index in [0.29, 0.717) is 11.4 Å². The van der Waals surface area contributed by atoms with Crippen molar-refractivity contribution in [1.82, 2.24) is 18.3 Å². The first-order valence-corrected chi connectivity index (χ1v) is 20.7. The fraction of sp³-hybridized carbons (Fsp3) is 0. The van der Waals surface area contributed by atoms with Gasteiger partial charge >= 0.3 is 0 Å². The third-order valence-electron chi connectivity index (χ3n) is 12.5. The Kier molecular flexibility index (Phi) is 4.84. The molecule has 4 heterocycles. The number of rotatable bonds is 5. The fourth-order valence-electron chi connectivity index (χ4n) is 9.82. The number of benzene rings is 10. The molecule has 4 aromatic heterocycles. The van der Waals surface area contributed by atoms with E-state index in [0.717, 1.165) is 66.1 Å². The Labute approximate surface area is 390 Å². The zero-order valence-electron chi connectivity index (χ0n) is 49.5. The third-order valence-corrected chi connectivity index (χ3v) is 12.5. The highest BCUT2D eigenvalue weighted by Crippen LogP contribution is 2.41. The van der Waals surface area contributed by atoms with Crippen LogP contribution in [0.2, 0.25) is 0 Å². The van der Waals surface area contributed by atoms with E-state index in [2.05, 4.69) is 21.3 Å². The zero-order chi connectivity index (χ0) is 55.8. The summed E-state index contributed by atoms with van der Waals surface area (Å²) < 4.78 is 148. The zero-order valence-corrected chi connectivity index (χ0v) is 33.5. The Morgan fingerprint density at radius 3 is 1.22 bits per heavy atom. The maximum atomic E-state index is 9.11. The van der Waals surface area contributed by atoms with Crippen LogP contribution >= 0.6 is 0 Å². The lowest BCUT2D eigenvalue weighted by molar-refractivity contribution is 1.16. The Morgan fingerprint density at radius 1 is 0.266 bits per heavy atom. The van der Waals surface area contributed by atoms with Crippen LogP contribution in [0.15, 0.2) is 230 Å². The largest absolute Gasteiger partial charge is 0.309 e. The number of hydrogen-bond donors (Lipinski definition) is 0. The third kappa shape index (κ3) is 4.93. The minimum atomic E-state index is -0.509. The molecule has 0 radical (unpaired) electrons. The van der Waals surface area contributed by atoms with Crippen molar-refractivity contribution < 1.29 is 21.9 Å². The summed E-state index contributed by atoms with van der Waals surface area (Å²) in [5.41, 5.74) is 7.79. The topological polar surface area (TPSA) is 19.7 Å². The molecule has 0 aliphatic heterocycles. The summed E-state index contributed by atoms with van der Waals surface area (Å²) in [6.45, 7) is 0. The highest BCUT2D eigenvalue weighted by atomic mass is 15.0. The highest BCUT2D eigenvalue weighted by molar-refractivity contribution is 6.14. The normalized spacial score (nSPS) is 15.6.